The van der Waals surface area contributed by atoms with Crippen molar-refractivity contribution in [3.05, 3.63) is 35.4 Å². The zero-order valence-electron chi connectivity index (χ0n) is 12.5. The van der Waals surface area contributed by atoms with Crippen LogP contribution < -0.4 is 16.0 Å². The number of aliphatic hydroxyl groups is 1. The van der Waals surface area contributed by atoms with Gasteiger partial charge in [-0.3, -0.25) is 9.59 Å². The number of rotatable bonds is 5. The predicted octanol–water partition coefficient (Wildman–Crippen LogP) is -0.0144. The van der Waals surface area contributed by atoms with Crippen molar-refractivity contribution in [1.29, 1.82) is 0 Å². The Hall–Kier alpha value is -1.63. The van der Waals surface area contributed by atoms with Gasteiger partial charge in [-0.15, -0.1) is 12.4 Å². The molecular formula is C15H22ClN3O3. The number of halogens is 1. The first-order chi connectivity index (χ1) is 10.1. The molecule has 0 aliphatic carbocycles. The lowest BCUT2D eigenvalue weighted by atomic mass is 10.1. The van der Waals surface area contributed by atoms with E-state index in [9.17, 15) is 14.7 Å². The van der Waals surface area contributed by atoms with E-state index in [-0.39, 0.29) is 30.3 Å². The Bertz CT molecular complexity index is 507. The molecule has 1 fully saturated rings. The van der Waals surface area contributed by atoms with Gasteiger partial charge in [-0.05, 0) is 25.5 Å². The minimum atomic E-state index is -0.456. The van der Waals surface area contributed by atoms with Gasteiger partial charge < -0.3 is 21.1 Å². The fraction of sp³-hybridized carbons (Fsp3) is 0.467. The second kappa shape index (κ2) is 8.73. The number of nitrogens with one attached hydrogen (secondary N) is 3. The smallest absolute Gasteiger partial charge is 0.251 e. The largest absolute Gasteiger partial charge is 0.392 e. The summed E-state index contributed by atoms with van der Waals surface area (Å²) in [6.07, 6.45) is -0.0244. The molecule has 0 aromatic heterocycles. The minimum Gasteiger partial charge on any atom is -0.392 e. The van der Waals surface area contributed by atoms with Crippen LogP contribution in [0.15, 0.2) is 24.3 Å². The first-order valence-corrected chi connectivity index (χ1v) is 7.10. The van der Waals surface area contributed by atoms with Gasteiger partial charge in [0, 0.05) is 25.2 Å². The fourth-order valence-electron chi connectivity index (χ4n) is 2.21. The highest BCUT2D eigenvalue weighted by molar-refractivity contribution is 5.94. The number of benzene rings is 1. The molecule has 2 rings (SSSR count). The lowest BCUT2D eigenvalue weighted by Crippen LogP contribution is -2.43. The third-order valence-corrected chi connectivity index (χ3v) is 3.45. The van der Waals surface area contributed by atoms with E-state index in [4.69, 9.17) is 0 Å². The molecule has 2 unspecified atom stereocenters. The minimum absolute atomic E-state index is 0. The highest BCUT2D eigenvalue weighted by Crippen LogP contribution is 2.05. The molecule has 1 aliphatic heterocycles. The molecule has 0 saturated carbocycles. The zero-order chi connectivity index (χ0) is 15.2. The Balaban J connectivity index is 0.00000242. The van der Waals surface area contributed by atoms with Crippen LogP contribution >= 0.6 is 12.4 Å². The number of amides is 2. The molecule has 0 bridgehead atoms. The Morgan fingerprint density at radius 1 is 1.23 bits per heavy atom. The molecule has 1 heterocycles. The lowest BCUT2D eigenvalue weighted by Gasteiger charge is -2.11. The lowest BCUT2D eigenvalue weighted by molar-refractivity contribution is -0.122. The summed E-state index contributed by atoms with van der Waals surface area (Å²) in [5.74, 6) is -0.296. The monoisotopic (exact) mass is 327 g/mol. The summed E-state index contributed by atoms with van der Waals surface area (Å²) < 4.78 is 0. The normalized spacial score (nSPS) is 20.1. The molecule has 22 heavy (non-hydrogen) atoms. The molecule has 1 aliphatic rings. The summed E-state index contributed by atoms with van der Waals surface area (Å²) >= 11 is 0. The third-order valence-electron chi connectivity index (χ3n) is 3.45. The van der Waals surface area contributed by atoms with E-state index in [0.717, 1.165) is 5.56 Å². The molecule has 1 saturated heterocycles. The first-order valence-electron chi connectivity index (χ1n) is 7.10. The molecule has 0 spiro atoms. The van der Waals surface area contributed by atoms with E-state index in [1.165, 1.54) is 0 Å². The van der Waals surface area contributed by atoms with Crippen LogP contribution in [0.25, 0.3) is 0 Å². The van der Waals surface area contributed by atoms with Gasteiger partial charge in [0.25, 0.3) is 5.91 Å². The van der Waals surface area contributed by atoms with E-state index in [1.807, 2.05) is 19.1 Å². The first kappa shape index (κ1) is 18.4. The molecule has 1 aromatic rings. The Kier molecular flexibility index (Phi) is 7.31. The number of aliphatic hydroxyl groups excluding tert-OH is 1. The predicted molar refractivity (Wildman–Crippen MR) is 86.2 cm³/mol. The van der Waals surface area contributed by atoms with Crippen molar-refractivity contribution in [3.63, 3.8) is 0 Å². The van der Waals surface area contributed by atoms with Gasteiger partial charge in [0.2, 0.25) is 5.91 Å². The Labute approximate surface area is 136 Å². The average molecular weight is 328 g/mol. The van der Waals surface area contributed by atoms with E-state index < -0.39 is 6.10 Å². The molecule has 122 valence electrons. The van der Waals surface area contributed by atoms with Gasteiger partial charge in [0.05, 0.1) is 12.1 Å². The van der Waals surface area contributed by atoms with Gasteiger partial charge >= 0.3 is 0 Å². The number of hydrogen-bond acceptors (Lipinski definition) is 4. The van der Waals surface area contributed by atoms with Crippen molar-refractivity contribution in [2.24, 2.45) is 0 Å². The molecule has 2 amide bonds. The summed E-state index contributed by atoms with van der Waals surface area (Å²) in [4.78, 5) is 23.6. The van der Waals surface area contributed by atoms with Gasteiger partial charge in [-0.25, -0.2) is 0 Å². The quantitative estimate of drug-likeness (QED) is 0.572. The van der Waals surface area contributed by atoms with Crippen LogP contribution in [0.4, 0.5) is 0 Å². The topological polar surface area (TPSA) is 90.5 Å². The van der Waals surface area contributed by atoms with Crippen LogP contribution in [0.2, 0.25) is 0 Å². The SMILES string of the molecule is Cc1ccc(C(=O)NCCNC(=O)C2CC(O)CN2)cc1.Cl. The summed E-state index contributed by atoms with van der Waals surface area (Å²) in [5.41, 5.74) is 1.71. The molecule has 6 nitrogen and oxygen atoms in total. The number of carbonyl (C=O) groups is 2. The van der Waals surface area contributed by atoms with Gasteiger partial charge in [0.1, 0.15) is 0 Å². The number of β-amino-alcohol motifs (C(OH)–C–C–N with tert-alkyl or cyclic N) is 1. The number of carbonyl (C=O) groups excluding carboxylic acids is 2. The maximum absolute atomic E-state index is 11.8. The maximum Gasteiger partial charge on any atom is 0.251 e. The van der Waals surface area contributed by atoms with Crippen LogP contribution in [-0.2, 0) is 4.79 Å². The second-order valence-electron chi connectivity index (χ2n) is 5.26. The van der Waals surface area contributed by atoms with Crippen LogP contribution in [0.3, 0.4) is 0 Å². The summed E-state index contributed by atoms with van der Waals surface area (Å²) in [5, 5.41) is 17.8. The fourth-order valence-corrected chi connectivity index (χ4v) is 2.21. The van der Waals surface area contributed by atoms with Crippen LogP contribution in [-0.4, -0.2) is 48.7 Å². The van der Waals surface area contributed by atoms with Crippen molar-refractivity contribution in [1.82, 2.24) is 16.0 Å². The molecule has 1 aromatic carbocycles. The molecular weight excluding hydrogens is 306 g/mol. The molecule has 4 N–H and O–H groups in total. The maximum atomic E-state index is 11.8. The van der Waals surface area contributed by atoms with Crippen molar-refractivity contribution < 1.29 is 14.7 Å². The van der Waals surface area contributed by atoms with Crippen LogP contribution in [0, 0.1) is 6.92 Å². The Morgan fingerprint density at radius 2 is 1.86 bits per heavy atom. The van der Waals surface area contributed by atoms with E-state index >= 15 is 0 Å². The van der Waals surface area contributed by atoms with E-state index in [0.29, 0.717) is 31.6 Å². The van der Waals surface area contributed by atoms with Gasteiger partial charge in [-0.1, -0.05) is 17.7 Å². The van der Waals surface area contributed by atoms with Crippen LogP contribution in [0.5, 0.6) is 0 Å². The highest BCUT2D eigenvalue weighted by Gasteiger charge is 2.27. The van der Waals surface area contributed by atoms with Crippen molar-refractivity contribution >= 4 is 24.2 Å². The van der Waals surface area contributed by atoms with E-state index in [2.05, 4.69) is 16.0 Å². The second-order valence-corrected chi connectivity index (χ2v) is 5.26. The average Bonchev–Trinajstić information content (AvgIpc) is 2.90. The molecule has 2 atom stereocenters. The van der Waals surface area contributed by atoms with Gasteiger partial charge in [-0.2, -0.15) is 0 Å². The van der Waals surface area contributed by atoms with Crippen molar-refractivity contribution in [2.45, 2.75) is 25.5 Å². The standard InChI is InChI=1S/C15H21N3O3.ClH/c1-10-2-4-11(5-3-10)14(20)16-6-7-17-15(21)13-8-12(19)9-18-13;/h2-5,12-13,18-19H,6-9H2,1H3,(H,16,20)(H,17,21);1H. The Morgan fingerprint density at radius 3 is 2.45 bits per heavy atom. The zero-order valence-corrected chi connectivity index (χ0v) is 13.3. The summed E-state index contributed by atoms with van der Waals surface area (Å²) in [6.45, 7) is 3.14. The highest BCUT2D eigenvalue weighted by atomic mass is 35.5. The number of hydrogen-bond donors (Lipinski definition) is 4. The van der Waals surface area contributed by atoms with Crippen molar-refractivity contribution in [2.75, 3.05) is 19.6 Å². The number of aryl methyl sites for hydroxylation is 1. The van der Waals surface area contributed by atoms with Gasteiger partial charge in [0.15, 0.2) is 0 Å². The summed E-state index contributed by atoms with van der Waals surface area (Å²) in [7, 11) is 0. The van der Waals surface area contributed by atoms with E-state index in [1.54, 1.807) is 12.1 Å². The molecule has 7 heteroatoms. The van der Waals surface area contributed by atoms with Crippen LogP contribution in [0.1, 0.15) is 22.3 Å². The summed E-state index contributed by atoms with van der Waals surface area (Å²) in [6, 6.07) is 6.97. The third kappa shape index (κ3) is 5.29. The van der Waals surface area contributed by atoms with Crippen molar-refractivity contribution in [3.8, 4) is 0 Å². The molecule has 0 radical (unpaired) electrons.